The lowest BCUT2D eigenvalue weighted by molar-refractivity contribution is 0.344. The molecule has 3 heteroatoms. The van der Waals surface area contributed by atoms with Crippen LogP contribution in [-0.4, -0.2) is 11.6 Å². The molecule has 0 saturated heterocycles. The molecule has 0 bridgehead atoms. The highest BCUT2D eigenvalue weighted by atomic mass is 16.5. The van der Waals surface area contributed by atoms with Crippen LogP contribution in [0.15, 0.2) is 24.5 Å². The van der Waals surface area contributed by atoms with Gasteiger partial charge in [0.15, 0.2) is 11.6 Å². The fraction of sp³-hybridized carbons (Fsp3) is 0.364. The molecule has 2 heterocycles. The molecule has 1 aliphatic heterocycles. The van der Waals surface area contributed by atoms with E-state index in [2.05, 4.69) is 30.7 Å². The molecule has 0 atom stereocenters. The van der Waals surface area contributed by atoms with Gasteiger partial charge in [0.05, 0.1) is 0 Å². The zero-order chi connectivity index (χ0) is 10.1. The predicted molar refractivity (Wildman–Crippen MR) is 56.6 cm³/mol. The van der Waals surface area contributed by atoms with Gasteiger partial charge in [0, 0.05) is 11.9 Å². The summed E-state index contributed by atoms with van der Waals surface area (Å²) in [6.07, 6.45) is 1.87. The molecule has 0 radical (unpaired) electrons. The molecule has 0 amide bonds. The Bertz CT molecular complexity index is 372. The molecular weight excluding hydrogens is 176 g/mol. The van der Waals surface area contributed by atoms with Gasteiger partial charge in [-0.25, -0.2) is 4.98 Å². The minimum absolute atomic E-state index is 0.474. The molecule has 0 aliphatic carbocycles. The quantitative estimate of drug-likeness (QED) is 0.738. The normalized spacial score (nSPS) is 14.6. The standard InChI is InChI=1S/C11H14N2O/c1-7(2)9-4-10-11(12-5-9)13-8(3)6-14-10/h4-5,7H,3,6H2,1-2H3,(H,12,13). The lowest BCUT2D eigenvalue weighted by Crippen LogP contribution is -2.16. The number of aromatic nitrogens is 1. The van der Waals surface area contributed by atoms with Crippen molar-refractivity contribution in [3.05, 3.63) is 30.1 Å². The van der Waals surface area contributed by atoms with Crippen LogP contribution >= 0.6 is 0 Å². The number of hydrogen-bond acceptors (Lipinski definition) is 3. The lowest BCUT2D eigenvalue weighted by Gasteiger charge is -2.20. The van der Waals surface area contributed by atoms with Gasteiger partial charge in [-0.2, -0.15) is 0 Å². The third kappa shape index (κ3) is 1.58. The Kier molecular flexibility index (Phi) is 2.15. The van der Waals surface area contributed by atoms with Gasteiger partial charge in [-0.05, 0) is 17.5 Å². The highest BCUT2D eigenvalue weighted by molar-refractivity contribution is 5.56. The van der Waals surface area contributed by atoms with Crippen molar-refractivity contribution in [3.63, 3.8) is 0 Å². The van der Waals surface area contributed by atoms with E-state index in [-0.39, 0.29) is 0 Å². The molecule has 0 aromatic carbocycles. The SMILES string of the molecule is C=C1COc2cc(C(C)C)cnc2N1. The second kappa shape index (κ2) is 3.33. The van der Waals surface area contributed by atoms with Crippen LogP contribution in [0.1, 0.15) is 25.3 Å². The predicted octanol–water partition coefficient (Wildman–Crippen LogP) is 2.52. The zero-order valence-electron chi connectivity index (χ0n) is 8.50. The summed E-state index contributed by atoms with van der Waals surface area (Å²) in [5.74, 6) is 2.07. The highest BCUT2D eigenvalue weighted by Gasteiger charge is 2.14. The number of hydrogen-bond donors (Lipinski definition) is 1. The molecular formula is C11H14N2O. The average molecular weight is 190 g/mol. The maximum atomic E-state index is 5.50. The molecule has 1 N–H and O–H groups in total. The van der Waals surface area contributed by atoms with Gasteiger partial charge in [-0.3, -0.25) is 0 Å². The van der Waals surface area contributed by atoms with E-state index in [9.17, 15) is 0 Å². The first-order valence-corrected chi connectivity index (χ1v) is 4.74. The number of pyridine rings is 1. The molecule has 0 unspecified atom stereocenters. The van der Waals surface area contributed by atoms with Crippen LogP contribution in [0.4, 0.5) is 5.82 Å². The summed E-state index contributed by atoms with van der Waals surface area (Å²) in [7, 11) is 0. The molecule has 0 fully saturated rings. The minimum atomic E-state index is 0.474. The molecule has 0 saturated carbocycles. The molecule has 0 spiro atoms. The minimum Gasteiger partial charge on any atom is -0.484 e. The molecule has 3 nitrogen and oxygen atoms in total. The fourth-order valence-corrected chi connectivity index (χ4v) is 1.35. The van der Waals surface area contributed by atoms with E-state index in [1.807, 2.05) is 12.3 Å². The summed E-state index contributed by atoms with van der Waals surface area (Å²) in [6.45, 7) is 8.59. The first-order valence-electron chi connectivity index (χ1n) is 4.74. The van der Waals surface area contributed by atoms with E-state index in [1.54, 1.807) is 0 Å². The molecule has 2 rings (SSSR count). The third-order valence-corrected chi connectivity index (χ3v) is 2.24. The van der Waals surface area contributed by atoms with Crippen LogP contribution in [0.2, 0.25) is 0 Å². The molecule has 1 aromatic rings. The highest BCUT2D eigenvalue weighted by Crippen LogP contribution is 2.30. The van der Waals surface area contributed by atoms with E-state index >= 15 is 0 Å². The van der Waals surface area contributed by atoms with Gasteiger partial charge in [0.2, 0.25) is 0 Å². The van der Waals surface area contributed by atoms with Crippen molar-refractivity contribution in [3.8, 4) is 5.75 Å². The Morgan fingerprint density at radius 3 is 3.07 bits per heavy atom. The summed E-state index contributed by atoms with van der Waals surface area (Å²) in [5, 5.41) is 3.10. The Balaban J connectivity index is 2.36. The average Bonchev–Trinajstić information content (AvgIpc) is 2.16. The topological polar surface area (TPSA) is 34.1 Å². The van der Waals surface area contributed by atoms with Crippen LogP contribution < -0.4 is 10.1 Å². The van der Waals surface area contributed by atoms with Gasteiger partial charge in [-0.15, -0.1) is 0 Å². The van der Waals surface area contributed by atoms with Gasteiger partial charge >= 0.3 is 0 Å². The van der Waals surface area contributed by atoms with Crippen molar-refractivity contribution in [2.75, 3.05) is 11.9 Å². The van der Waals surface area contributed by atoms with E-state index in [4.69, 9.17) is 4.74 Å². The molecule has 14 heavy (non-hydrogen) atoms. The largest absolute Gasteiger partial charge is 0.484 e. The molecule has 74 valence electrons. The summed E-state index contributed by atoms with van der Waals surface area (Å²) in [5.41, 5.74) is 2.04. The van der Waals surface area contributed by atoms with E-state index in [0.717, 1.165) is 17.3 Å². The maximum absolute atomic E-state index is 5.50. The maximum Gasteiger partial charge on any atom is 0.173 e. The van der Waals surface area contributed by atoms with Crippen molar-refractivity contribution in [1.82, 2.24) is 4.98 Å². The van der Waals surface area contributed by atoms with Crippen LogP contribution in [-0.2, 0) is 0 Å². The summed E-state index contributed by atoms with van der Waals surface area (Å²) >= 11 is 0. The summed E-state index contributed by atoms with van der Waals surface area (Å²) < 4.78 is 5.50. The van der Waals surface area contributed by atoms with Crippen molar-refractivity contribution in [1.29, 1.82) is 0 Å². The summed E-state index contributed by atoms with van der Waals surface area (Å²) in [6, 6.07) is 2.03. The van der Waals surface area contributed by atoms with Crippen molar-refractivity contribution < 1.29 is 4.74 Å². The monoisotopic (exact) mass is 190 g/mol. The molecule has 1 aliphatic rings. The summed E-state index contributed by atoms with van der Waals surface area (Å²) in [4.78, 5) is 4.29. The van der Waals surface area contributed by atoms with E-state index in [1.165, 1.54) is 5.56 Å². The van der Waals surface area contributed by atoms with Crippen molar-refractivity contribution >= 4 is 5.82 Å². The Hall–Kier alpha value is -1.51. The number of ether oxygens (including phenoxy) is 1. The van der Waals surface area contributed by atoms with Gasteiger partial charge in [0.1, 0.15) is 6.61 Å². The molecule has 1 aromatic heterocycles. The Labute approximate surface area is 83.8 Å². The second-order valence-corrected chi connectivity index (χ2v) is 3.79. The number of nitrogens with zero attached hydrogens (tertiary/aromatic N) is 1. The smallest absolute Gasteiger partial charge is 0.173 e. The van der Waals surface area contributed by atoms with Crippen LogP contribution in [0.5, 0.6) is 5.75 Å². The van der Waals surface area contributed by atoms with Crippen molar-refractivity contribution in [2.24, 2.45) is 0 Å². The van der Waals surface area contributed by atoms with Crippen LogP contribution in [0.25, 0.3) is 0 Å². The van der Waals surface area contributed by atoms with Gasteiger partial charge in [-0.1, -0.05) is 20.4 Å². The Morgan fingerprint density at radius 1 is 1.57 bits per heavy atom. The first-order chi connectivity index (χ1) is 6.66. The second-order valence-electron chi connectivity index (χ2n) is 3.79. The van der Waals surface area contributed by atoms with E-state index in [0.29, 0.717) is 12.5 Å². The van der Waals surface area contributed by atoms with Crippen LogP contribution in [0.3, 0.4) is 0 Å². The third-order valence-electron chi connectivity index (χ3n) is 2.24. The zero-order valence-corrected chi connectivity index (χ0v) is 8.50. The number of nitrogens with one attached hydrogen (secondary N) is 1. The number of rotatable bonds is 1. The van der Waals surface area contributed by atoms with Crippen LogP contribution in [0, 0.1) is 0 Å². The van der Waals surface area contributed by atoms with E-state index < -0.39 is 0 Å². The Morgan fingerprint density at radius 2 is 2.36 bits per heavy atom. The van der Waals surface area contributed by atoms with Gasteiger partial charge in [0.25, 0.3) is 0 Å². The number of fused-ring (bicyclic) bond motifs is 1. The van der Waals surface area contributed by atoms with Crippen molar-refractivity contribution in [2.45, 2.75) is 19.8 Å². The first kappa shape index (κ1) is 9.06. The number of anilines is 1. The lowest BCUT2D eigenvalue weighted by atomic mass is 10.1. The van der Waals surface area contributed by atoms with Gasteiger partial charge < -0.3 is 10.1 Å². The fourth-order valence-electron chi connectivity index (χ4n) is 1.35.